The van der Waals surface area contributed by atoms with Crippen molar-refractivity contribution in [3.63, 3.8) is 0 Å². The fraction of sp³-hybridized carbons (Fsp3) is 0. The second kappa shape index (κ2) is 9.38. The van der Waals surface area contributed by atoms with Crippen molar-refractivity contribution in [2.45, 2.75) is 0 Å². The van der Waals surface area contributed by atoms with E-state index in [-0.39, 0.29) is 12.1 Å². The van der Waals surface area contributed by atoms with Gasteiger partial charge in [-0.05, 0) is 0 Å². The third-order valence-corrected chi connectivity index (χ3v) is 4.04. The lowest BCUT2D eigenvalue weighted by molar-refractivity contribution is 0.258. The van der Waals surface area contributed by atoms with Gasteiger partial charge in [-0.2, -0.15) is 13.2 Å². The minimum atomic E-state index is -3.30. The Balaban J connectivity index is 2.15. The van der Waals surface area contributed by atoms with E-state index in [2.05, 4.69) is 14.0 Å². The molecular formula is C18H4BF12NO3. The van der Waals surface area contributed by atoms with E-state index < -0.39 is 100 Å². The van der Waals surface area contributed by atoms with Crippen LogP contribution >= 0.6 is 0 Å². The summed E-state index contributed by atoms with van der Waals surface area (Å²) in [5.41, 5.74) is 3.13. The second-order valence-corrected chi connectivity index (χ2v) is 6.24. The van der Waals surface area contributed by atoms with Gasteiger partial charge in [0.1, 0.15) is 5.69 Å². The Labute approximate surface area is 185 Å². The van der Waals surface area contributed by atoms with Crippen LogP contribution in [0, 0.1) is 69.8 Å². The summed E-state index contributed by atoms with van der Waals surface area (Å²) < 4.78 is 177. The van der Waals surface area contributed by atoms with Crippen molar-refractivity contribution in [3.8, 4) is 17.2 Å². The van der Waals surface area contributed by atoms with E-state index in [1.165, 1.54) is 0 Å². The van der Waals surface area contributed by atoms with Crippen molar-refractivity contribution < 1.29 is 66.6 Å². The van der Waals surface area contributed by atoms with Crippen LogP contribution in [0.1, 0.15) is 0 Å². The predicted molar refractivity (Wildman–Crippen MR) is 90.9 cm³/mol. The van der Waals surface area contributed by atoms with E-state index in [0.29, 0.717) is 0 Å². The van der Waals surface area contributed by atoms with Crippen molar-refractivity contribution >= 4 is 13.0 Å². The van der Waals surface area contributed by atoms with E-state index in [1.807, 2.05) is 0 Å². The van der Waals surface area contributed by atoms with Gasteiger partial charge in [0.2, 0.25) is 23.3 Å². The molecule has 3 aromatic carbocycles. The van der Waals surface area contributed by atoms with Crippen LogP contribution in [0.3, 0.4) is 0 Å². The average molecular weight is 521 g/mol. The highest BCUT2D eigenvalue weighted by molar-refractivity contribution is 6.39. The van der Waals surface area contributed by atoms with Gasteiger partial charge in [0.05, 0.1) is 0 Å². The highest BCUT2D eigenvalue weighted by Gasteiger charge is 2.40. The molecule has 0 saturated heterocycles. The van der Waals surface area contributed by atoms with Crippen molar-refractivity contribution in [2.75, 3.05) is 5.73 Å². The number of hydrogen-bond acceptors (Lipinski definition) is 4. The molecule has 0 radical (unpaired) electrons. The van der Waals surface area contributed by atoms with E-state index in [1.54, 1.807) is 0 Å². The molecule has 3 aromatic rings. The van der Waals surface area contributed by atoms with Gasteiger partial charge in [-0.25, -0.2) is 39.5 Å². The molecular weight excluding hydrogens is 517 g/mol. The van der Waals surface area contributed by atoms with Crippen molar-refractivity contribution in [1.82, 2.24) is 0 Å². The Morgan fingerprint density at radius 2 is 0.800 bits per heavy atom. The molecule has 17 heteroatoms. The summed E-state index contributed by atoms with van der Waals surface area (Å²) in [7, 11) is -3.30. The number of nitrogens with two attached hydrogens (primary N) is 1. The van der Waals surface area contributed by atoms with Crippen LogP contribution in [-0.2, 0) is 0 Å². The van der Waals surface area contributed by atoms with Crippen LogP contribution < -0.4 is 19.7 Å². The Hall–Kier alpha value is -3.92. The van der Waals surface area contributed by atoms with Gasteiger partial charge in [-0.1, -0.05) is 0 Å². The molecule has 2 N–H and O–H groups in total. The first kappa shape index (κ1) is 25.7. The van der Waals surface area contributed by atoms with Crippen LogP contribution in [0.25, 0.3) is 0 Å². The van der Waals surface area contributed by atoms with Gasteiger partial charge in [0.25, 0.3) is 0 Å². The molecule has 0 saturated carbocycles. The monoisotopic (exact) mass is 521 g/mol. The van der Waals surface area contributed by atoms with Crippen LogP contribution in [0.4, 0.5) is 58.4 Å². The number of anilines is 1. The second-order valence-electron chi connectivity index (χ2n) is 6.24. The molecule has 3 rings (SSSR count). The van der Waals surface area contributed by atoms with Gasteiger partial charge in [-0.15, -0.1) is 0 Å². The number of nitrogen functional groups attached to an aromatic ring is 1. The molecule has 0 amide bonds. The van der Waals surface area contributed by atoms with Gasteiger partial charge in [0, 0.05) is 12.1 Å². The normalized spacial score (nSPS) is 11.0. The van der Waals surface area contributed by atoms with Gasteiger partial charge in [-0.3, -0.25) is 0 Å². The third-order valence-electron chi connectivity index (χ3n) is 4.04. The summed E-state index contributed by atoms with van der Waals surface area (Å²) in [5, 5.41) is 0. The number of benzene rings is 3. The predicted octanol–water partition coefficient (Wildman–Crippen LogP) is 5.46. The number of halogens is 12. The lowest BCUT2D eigenvalue weighted by Gasteiger charge is -2.19. The SMILES string of the molecule is Nc1c(F)c(F)c(F)c(OB(Oc2c(F)cc(F)c(F)c2F)Oc2c(F)cc(F)c(F)c2F)c1F. The van der Waals surface area contributed by atoms with Crippen LogP contribution in [0.5, 0.6) is 17.2 Å². The maximum absolute atomic E-state index is 14.2. The molecule has 4 nitrogen and oxygen atoms in total. The quantitative estimate of drug-likeness (QED) is 0.154. The Bertz CT molecular complexity index is 1250. The molecule has 0 spiro atoms. The minimum Gasteiger partial charge on any atom is -0.484 e. The third kappa shape index (κ3) is 4.57. The topological polar surface area (TPSA) is 53.7 Å². The molecule has 0 heterocycles. The van der Waals surface area contributed by atoms with Gasteiger partial charge < -0.3 is 19.7 Å². The smallest absolute Gasteiger partial charge is 0.484 e. The van der Waals surface area contributed by atoms with E-state index in [0.717, 1.165) is 0 Å². The standard InChI is InChI=1S/C18H4BF12NO3/c20-3-1-5(22)16(11(28)7(3)24)33-19(34-17-6(23)2-4(21)8(25)12(17)29)35-18-13(30)9(26)10(27)15(32)14(18)31/h1-2H,32H2. The largest absolute Gasteiger partial charge is 0.864 e. The highest BCUT2D eigenvalue weighted by atomic mass is 19.2. The fourth-order valence-corrected chi connectivity index (χ4v) is 2.41. The Morgan fingerprint density at radius 3 is 1.23 bits per heavy atom. The molecule has 0 bridgehead atoms. The summed E-state index contributed by atoms with van der Waals surface area (Å²) in [4.78, 5) is 0. The first-order valence-electron chi connectivity index (χ1n) is 8.53. The molecule has 0 aliphatic heterocycles. The summed E-state index contributed by atoms with van der Waals surface area (Å²) in [5.74, 6) is -33.7. The Morgan fingerprint density at radius 1 is 0.429 bits per heavy atom. The van der Waals surface area contributed by atoms with Crippen molar-refractivity contribution in [3.05, 3.63) is 81.9 Å². The van der Waals surface area contributed by atoms with E-state index >= 15 is 0 Å². The maximum atomic E-state index is 14.2. The van der Waals surface area contributed by atoms with Crippen LogP contribution in [0.15, 0.2) is 12.1 Å². The molecule has 0 aliphatic carbocycles. The molecule has 0 aliphatic rings. The maximum Gasteiger partial charge on any atom is 0.864 e. The average Bonchev–Trinajstić information content (AvgIpc) is 2.81. The highest BCUT2D eigenvalue weighted by Crippen LogP contribution is 2.34. The lowest BCUT2D eigenvalue weighted by atomic mass is 10.1. The summed E-state index contributed by atoms with van der Waals surface area (Å²) >= 11 is 0. The van der Waals surface area contributed by atoms with Gasteiger partial charge in [0.15, 0.2) is 63.8 Å². The van der Waals surface area contributed by atoms with E-state index in [4.69, 9.17) is 5.73 Å². The minimum absolute atomic E-state index is 0.319. The zero-order chi connectivity index (χ0) is 26.4. The van der Waals surface area contributed by atoms with Crippen LogP contribution in [-0.4, -0.2) is 7.32 Å². The zero-order valence-corrected chi connectivity index (χ0v) is 16.1. The summed E-state index contributed by atoms with van der Waals surface area (Å²) in [6.45, 7) is 0. The first-order chi connectivity index (χ1) is 16.3. The van der Waals surface area contributed by atoms with Crippen molar-refractivity contribution in [1.29, 1.82) is 0 Å². The molecule has 35 heavy (non-hydrogen) atoms. The molecule has 0 unspecified atom stereocenters. The molecule has 0 atom stereocenters. The fourth-order valence-electron chi connectivity index (χ4n) is 2.41. The summed E-state index contributed by atoms with van der Waals surface area (Å²) in [6, 6.07) is -0.638. The molecule has 0 aromatic heterocycles. The number of hydrogen-bond donors (Lipinski definition) is 1. The zero-order valence-electron chi connectivity index (χ0n) is 16.1. The molecule has 186 valence electrons. The molecule has 0 fully saturated rings. The first-order valence-corrected chi connectivity index (χ1v) is 8.53. The van der Waals surface area contributed by atoms with Gasteiger partial charge >= 0.3 is 7.32 Å². The summed E-state index contributed by atoms with van der Waals surface area (Å²) in [6.07, 6.45) is 0. The Kier molecular flexibility index (Phi) is 6.89. The van der Waals surface area contributed by atoms with Crippen molar-refractivity contribution in [2.24, 2.45) is 0 Å². The number of rotatable bonds is 6. The van der Waals surface area contributed by atoms with E-state index in [9.17, 15) is 52.7 Å². The van der Waals surface area contributed by atoms with Crippen LogP contribution in [0.2, 0.25) is 0 Å². The lowest BCUT2D eigenvalue weighted by Crippen LogP contribution is -2.39.